The molecule has 0 radical (unpaired) electrons. The van der Waals surface area contributed by atoms with Crippen LogP contribution in [0.2, 0.25) is 0 Å². The summed E-state index contributed by atoms with van der Waals surface area (Å²) in [4.78, 5) is 29.2. The average Bonchev–Trinajstić information content (AvgIpc) is 3.26. The first kappa shape index (κ1) is 21.3. The normalized spacial score (nSPS) is 11.0. The molecule has 6 heteroatoms. The molecule has 0 saturated heterocycles. The minimum atomic E-state index is -0.364. The van der Waals surface area contributed by atoms with Crippen molar-refractivity contribution in [3.63, 3.8) is 0 Å². The number of aromatic nitrogens is 1. The Morgan fingerprint density at radius 3 is 2.44 bits per heavy atom. The van der Waals surface area contributed by atoms with Crippen LogP contribution in [0.3, 0.4) is 0 Å². The smallest absolute Gasteiger partial charge is 0.338 e. The number of benzene rings is 3. The van der Waals surface area contributed by atoms with Crippen LogP contribution < -0.4 is 5.32 Å². The van der Waals surface area contributed by atoms with E-state index in [0.29, 0.717) is 40.6 Å². The van der Waals surface area contributed by atoms with Crippen molar-refractivity contribution in [3.05, 3.63) is 89.5 Å². The molecule has 32 heavy (non-hydrogen) atoms. The van der Waals surface area contributed by atoms with Crippen LogP contribution in [0.15, 0.2) is 77.2 Å². The minimum absolute atomic E-state index is 0.168. The Morgan fingerprint density at radius 2 is 1.72 bits per heavy atom. The molecule has 0 aliphatic carbocycles. The standard InChI is InChI=1S/C26H24N2O4/c1-17(2)15-27-24(29)21-9-6-10-22-23(21)32-25(28-22)19-13-11-18(12-14-19)16-31-26(30)20-7-4-3-5-8-20/h3-14,17H,15-16H2,1-2H3,(H,27,29). The fourth-order valence-electron chi connectivity index (χ4n) is 3.19. The summed E-state index contributed by atoms with van der Waals surface area (Å²) in [6.45, 7) is 4.84. The van der Waals surface area contributed by atoms with Gasteiger partial charge in [-0.3, -0.25) is 4.79 Å². The van der Waals surface area contributed by atoms with Crippen molar-refractivity contribution in [2.75, 3.05) is 6.54 Å². The Kier molecular flexibility index (Phi) is 6.31. The first-order valence-corrected chi connectivity index (χ1v) is 10.5. The number of carbonyl (C=O) groups is 2. The van der Waals surface area contributed by atoms with Crippen LogP contribution >= 0.6 is 0 Å². The monoisotopic (exact) mass is 428 g/mol. The van der Waals surface area contributed by atoms with Gasteiger partial charge in [-0.05, 0) is 47.9 Å². The fourth-order valence-corrected chi connectivity index (χ4v) is 3.19. The predicted octanol–water partition coefficient (Wildman–Crippen LogP) is 5.24. The maximum Gasteiger partial charge on any atom is 0.338 e. The molecule has 6 nitrogen and oxygen atoms in total. The van der Waals surface area contributed by atoms with Gasteiger partial charge in [-0.15, -0.1) is 0 Å². The highest BCUT2D eigenvalue weighted by molar-refractivity contribution is 6.04. The summed E-state index contributed by atoms with van der Waals surface area (Å²) in [5, 5.41) is 2.91. The van der Waals surface area contributed by atoms with Gasteiger partial charge >= 0.3 is 5.97 Å². The zero-order valence-electron chi connectivity index (χ0n) is 18.0. The van der Waals surface area contributed by atoms with Gasteiger partial charge < -0.3 is 14.5 Å². The van der Waals surface area contributed by atoms with E-state index in [1.165, 1.54) is 0 Å². The first-order chi connectivity index (χ1) is 15.5. The van der Waals surface area contributed by atoms with Gasteiger partial charge in [0.15, 0.2) is 5.58 Å². The number of oxazole rings is 1. The number of nitrogens with zero attached hydrogens (tertiary/aromatic N) is 1. The third kappa shape index (κ3) is 4.86. The van der Waals surface area contributed by atoms with Crippen molar-refractivity contribution in [1.82, 2.24) is 10.3 Å². The summed E-state index contributed by atoms with van der Waals surface area (Å²) in [6.07, 6.45) is 0. The number of esters is 1. The van der Waals surface area contributed by atoms with Gasteiger partial charge in [0.05, 0.1) is 11.1 Å². The van der Waals surface area contributed by atoms with E-state index in [9.17, 15) is 9.59 Å². The molecule has 1 aromatic heterocycles. The largest absolute Gasteiger partial charge is 0.457 e. The molecule has 0 aliphatic rings. The van der Waals surface area contributed by atoms with Crippen molar-refractivity contribution in [1.29, 1.82) is 0 Å². The molecular weight excluding hydrogens is 404 g/mol. The highest BCUT2D eigenvalue weighted by Gasteiger charge is 2.16. The zero-order valence-corrected chi connectivity index (χ0v) is 18.0. The second-order valence-corrected chi connectivity index (χ2v) is 7.92. The summed E-state index contributed by atoms with van der Waals surface area (Å²) in [5.74, 6) is 0.241. The Bertz CT molecular complexity index is 1230. The molecule has 1 amide bonds. The Morgan fingerprint density at radius 1 is 0.969 bits per heavy atom. The van der Waals surface area contributed by atoms with Crippen LogP contribution in [-0.4, -0.2) is 23.4 Å². The summed E-state index contributed by atoms with van der Waals surface area (Å²) < 4.78 is 11.3. The van der Waals surface area contributed by atoms with Gasteiger partial charge in [0.1, 0.15) is 12.1 Å². The van der Waals surface area contributed by atoms with Crippen molar-refractivity contribution < 1.29 is 18.7 Å². The maximum absolute atomic E-state index is 12.5. The molecular formula is C26H24N2O4. The van der Waals surface area contributed by atoms with Gasteiger partial charge in [-0.25, -0.2) is 9.78 Å². The average molecular weight is 428 g/mol. The number of rotatable bonds is 7. The predicted molar refractivity (Wildman–Crippen MR) is 122 cm³/mol. The van der Waals surface area contributed by atoms with Crippen molar-refractivity contribution in [2.24, 2.45) is 5.92 Å². The molecule has 0 atom stereocenters. The second kappa shape index (κ2) is 9.47. The van der Waals surface area contributed by atoms with Gasteiger partial charge in [0, 0.05) is 12.1 Å². The summed E-state index contributed by atoms with van der Waals surface area (Å²) >= 11 is 0. The lowest BCUT2D eigenvalue weighted by molar-refractivity contribution is 0.0472. The number of amides is 1. The number of hydrogen-bond donors (Lipinski definition) is 1. The summed E-state index contributed by atoms with van der Waals surface area (Å²) in [6, 6.07) is 21.7. The molecule has 0 spiro atoms. The van der Waals surface area contributed by atoms with Gasteiger partial charge in [0.25, 0.3) is 5.91 Å². The number of fused-ring (bicyclic) bond motifs is 1. The highest BCUT2D eigenvalue weighted by atomic mass is 16.5. The van der Waals surface area contributed by atoms with E-state index >= 15 is 0 Å². The Labute approximate surface area is 186 Å². The third-order valence-corrected chi connectivity index (χ3v) is 4.91. The van der Waals surface area contributed by atoms with Crippen LogP contribution in [-0.2, 0) is 11.3 Å². The fraction of sp³-hybridized carbons (Fsp3) is 0.192. The van der Waals surface area contributed by atoms with Crippen LogP contribution in [0.25, 0.3) is 22.6 Å². The molecule has 162 valence electrons. The van der Waals surface area contributed by atoms with Crippen LogP contribution in [0.4, 0.5) is 0 Å². The molecule has 0 fully saturated rings. The van der Waals surface area contributed by atoms with Gasteiger partial charge in [-0.2, -0.15) is 0 Å². The number of para-hydroxylation sites is 1. The third-order valence-electron chi connectivity index (χ3n) is 4.91. The number of ether oxygens (including phenoxy) is 1. The minimum Gasteiger partial charge on any atom is -0.457 e. The molecule has 4 aromatic rings. The lowest BCUT2D eigenvalue weighted by Gasteiger charge is -2.07. The van der Waals surface area contributed by atoms with E-state index in [0.717, 1.165) is 11.1 Å². The SMILES string of the molecule is CC(C)CNC(=O)c1cccc2nc(-c3ccc(COC(=O)c4ccccc4)cc3)oc12. The van der Waals surface area contributed by atoms with E-state index in [-0.39, 0.29) is 18.5 Å². The molecule has 0 unspecified atom stereocenters. The summed E-state index contributed by atoms with van der Waals surface area (Å²) in [5.41, 5.74) is 3.69. The van der Waals surface area contributed by atoms with Crippen molar-refractivity contribution >= 4 is 23.0 Å². The molecule has 3 aromatic carbocycles. The molecule has 1 N–H and O–H groups in total. The van der Waals surface area contributed by atoms with E-state index in [2.05, 4.69) is 10.3 Å². The van der Waals surface area contributed by atoms with Crippen LogP contribution in [0.5, 0.6) is 0 Å². The molecule has 4 rings (SSSR count). The molecule has 0 saturated carbocycles. The van der Waals surface area contributed by atoms with E-state index in [1.807, 2.05) is 50.2 Å². The maximum atomic E-state index is 12.5. The first-order valence-electron chi connectivity index (χ1n) is 10.5. The van der Waals surface area contributed by atoms with E-state index in [1.54, 1.807) is 36.4 Å². The topological polar surface area (TPSA) is 81.4 Å². The Hall–Kier alpha value is -3.93. The van der Waals surface area contributed by atoms with Crippen molar-refractivity contribution in [2.45, 2.75) is 20.5 Å². The summed E-state index contributed by atoms with van der Waals surface area (Å²) in [7, 11) is 0. The van der Waals surface area contributed by atoms with Gasteiger partial charge in [0.2, 0.25) is 5.89 Å². The Balaban J connectivity index is 1.48. The van der Waals surface area contributed by atoms with Crippen LogP contribution in [0.1, 0.15) is 40.1 Å². The zero-order chi connectivity index (χ0) is 22.5. The quantitative estimate of drug-likeness (QED) is 0.407. The molecule has 1 heterocycles. The van der Waals surface area contributed by atoms with Crippen LogP contribution in [0, 0.1) is 5.92 Å². The second-order valence-electron chi connectivity index (χ2n) is 7.92. The van der Waals surface area contributed by atoms with E-state index < -0.39 is 0 Å². The number of carbonyl (C=O) groups excluding carboxylic acids is 2. The lowest BCUT2D eigenvalue weighted by atomic mass is 10.1. The number of hydrogen-bond acceptors (Lipinski definition) is 5. The number of nitrogens with one attached hydrogen (secondary N) is 1. The van der Waals surface area contributed by atoms with E-state index in [4.69, 9.17) is 9.15 Å². The molecule has 0 bridgehead atoms. The molecule has 0 aliphatic heterocycles. The highest BCUT2D eigenvalue weighted by Crippen LogP contribution is 2.27. The van der Waals surface area contributed by atoms with Crippen molar-refractivity contribution in [3.8, 4) is 11.5 Å². The van der Waals surface area contributed by atoms with Gasteiger partial charge in [-0.1, -0.05) is 50.2 Å². The lowest BCUT2D eigenvalue weighted by Crippen LogP contribution is -2.27.